The molecule has 1 heterocycles. The lowest BCUT2D eigenvalue weighted by Crippen LogP contribution is -2.14. The minimum atomic E-state index is -0.00143. The second-order valence-corrected chi connectivity index (χ2v) is 7.91. The monoisotopic (exact) mass is 378 g/mol. The maximum atomic E-state index is 12.2. The number of aromatic amines is 1. The molecule has 0 aliphatic heterocycles. The molecule has 27 heavy (non-hydrogen) atoms. The van der Waals surface area contributed by atoms with E-state index in [9.17, 15) is 4.79 Å². The lowest BCUT2D eigenvalue weighted by molar-refractivity contribution is -0.113. The van der Waals surface area contributed by atoms with Crippen molar-refractivity contribution >= 4 is 23.4 Å². The van der Waals surface area contributed by atoms with Crippen LogP contribution in [0.3, 0.4) is 0 Å². The molecule has 1 saturated carbocycles. The summed E-state index contributed by atoms with van der Waals surface area (Å²) in [5, 5.41) is 10.3. The third-order valence-electron chi connectivity index (χ3n) is 4.46. The van der Waals surface area contributed by atoms with Crippen LogP contribution in [0.4, 0.5) is 5.69 Å². The Balaban J connectivity index is 1.32. The van der Waals surface area contributed by atoms with Gasteiger partial charge in [-0.3, -0.25) is 9.89 Å². The first-order valence-electron chi connectivity index (χ1n) is 9.13. The van der Waals surface area contributed by atoms with E-state index in [2.05, 4.69) is 51.7 Å². The van der Waals surface area contributed by atoms with Crippen molar-refractivity contribution in [1.82, 2.24) is 15.2 Å². The Morgan fingerprint density at radius 1 is 1.22 bits per heavy atom. The highest BCUT2D eigenvalue weighted by Crippen LogP contribution is 2.38. The van der Waals surface area contributed by atoms with Gasteiger partial charge in [-0.2, -0.15) is 5.10 Å². The maximum absolute atomic E-state index is 12.2. The first-order chi connectivity index (χ1) is 13.2. The van der Waals surface area contributed by atoms with Gasteiger partial charge in [0, 0.05) is 22.9 Å². The van der Waals surface area contributed by atoms with Gasteiger partial charge in [-0.1, -0.05) is 42.0 Å². The highest BCUT2D eigenvalue weighted by molar-refractivity contribution is 7.99. The Morgan fingerprint density at radius 2 is 2.07 bits per heavy atom. The number of anilines is 1. The number of hydrogen-bond acceptors (Lipinski definition) is 4. The molecule has 1 aliphatic carbocycles. The number of thioether (sulfide) groups is 1. The van der Waals surface area contributed by atoms with Crippen LogP contribution in [-0.2, 0) is 10.5 Å². The van der Waals surface area contributed by atoms with Gasteiger partial charge < -0.3 is 5.32 Å². The number of nitrogens with zero attached hydrogens (tertiary/aromatic N) is 2. The fraction of sp³-hybridized carbons (Fsp3) is 0.286. The zero-order valence-corrected chi connectivity index (χ0v) is 16.1. The topological polar surface area (TPSA) is 70.7 Å². The summed E-state index contributed by atoms with van der Waals surface area (Å²) in [6.07, 6.45) is 2.37. The molecule has 1 aromatic heterocycles. The van der Waals surface area contributed by atoms with Crippen LogP contribution in [0.15, 0.2) is 48.5 Å². The predicted octanol–water partition coefficient (Wildman–Crippen LogP) is 4.53. The Morgan fingerprint density at radius 3 is 2.89 bits per heavy atom. The molecule has 4 rings (SSSR count). The smallest absolute Gasteiger partial charge is 0.234 e. The van der Waals surface area contributed by atoms with Crippen molar-refractivity contribution in [2.24, 2.45) is 0 Å². The minimum Gasteiger partial charge on any atom is -0.325 e. The molecule has 0 spiro atoms. The third-order valence-corrected chi connectivity index (χ3v) is 5.46. The summed E-state index contributed by atoms with van der Waals surface area (Å²) in [5.41, 5.74) is 4.16. The van der Waals surface area contributed by atoms with Crippen LogP contribution in [0, 0.1) is 6.92 Å². The molecule has 3 aromatic rings. The van der Waals surface area contributed by atoms with Crippen molar-refractivity contribution in [2.45, 2.75) is 31.4 Å². The second kappa shape index (κ2) is 7.96. The Hall–Kier alpha value is -2.60. The van der Waals surface area contributed by atoms with Crippen LogP contribution in [0.5, 0.6) is 0 Å². The van der Waals surface area contributed by atoms with Crippen LogP contribution in [0.2, 0.25) is 0 Å². The van der Waals surface area contributed by atoms with Crippen LogP contribution in [0.25, 0.3) is 11.4 Å². The van der Waals surface area contributed by atoms with Gasteiger partial charge in [-0.05, 0) is 37.5 Å². The van der Waals surface area contributed by atoms with Gasteiger partial charge in [0.05, 0.1) is 5.75 Å². The van der Waals surface area contributed by atoms with Crippen molar-refractivity contribution in [1.29, 1.82) is 0 Å². The Bertz CT molecular complexity index is 949. The van der Waals surface area contributed by atoms with Gasteiger partial charge in [-0.25, -0.2) is 4.98 Å². The van der Waals surface area contributed by atoms with Crippen LogP contribution in [-0.4, -0.2) is 26.8 Å². The summed E-state index contributed by atoms with van der Waals surface area (Å²) in [6.45, 7) is 2.08. The zero-order chi connectivity index (χ0) is 18.6. The summed E-state index contributed by atoms with van der Waals surface area (Å²) in [5.74, 6) is 3.44. The molecule has 0 radical (unpaired) electrons. The highest BCUT2D eigenvalue weighted by atomic mass is 32.2. The van der Waals surface area contributed by atoms with E-state index >= 15 is 0 Å². The highest BCUT2D eigenvalue weighted by Gasteiger charge is 2.27. The summed E-state index contributed by atoms with van der Waals surface area (Å²) in [6, 6.07) is 16.1. The molecular weight excluding hydrogens is 356 g/mol. The molecule has 1 amide bonds. The van der Waals surface area contributed by atoms with Crippen LogP contribution >= 0.6 is 11.8 Å². The van der Waals surface area contributed by atoms with Crippen LogP contribution < -0.4 is 5.32 Å². The molecule has 0 atom stereocenters. The first-order valence-corrected chi connectivity index (χ1v) is 10.3. The Kier molecular flexibility index (Phi) is 5.25. The van der Waals surface area contributed by atoms with E-state index in [0.29, 0.717) is 17.5 Å². The van der Waals surface area contributed by atoms with E-state index in [4.69, 9.17) is 0 Å². The largest absolute Gasteiger partial charge is 0.325 e. The molecule has 0 bridgehead atoms. The lowest BCUT2D eigenvalue weighted by Gasteiger charge is -2.07. The number of carbonyl (C=O) groups excluding carboxylic acids is 1. The molecule has 1 aliphatic rings. The fourth-order valence-electron chi connectivity index (χ4n) is 2.94. The number of carbonyl (C=O) groups is 1. The number of rotatable bonds is 7. The molecule has 0 unspecified atom stereocenters. The Labute approximate surface area is 163 Å². The van der Waals surface area contributed by atoms with E-state index < -0.39 is 0 Å². The summed E-state index contributed by atoms with van der Waals surface area (Å²) >= 11 is 1.61. The van der Waals surface area contributed by atoms with Crippen molar-refractivity contribution in [2.75, 3.05) is 11.1 Å². The van der Waals surface area contributed by atoms with Gasteiger partial charge in [0.2, 0.25) is 5.91 Å². The lowest BCUT2D eigenvalue weighted by atomic mass is 10.2. The number of H-pyrrole nitrogens is 1. The van der Waals surface area contributed by atoms with Gasteiger partial charge in [-0.15, -0.1) is 11.8 Å². The van der Waals surface area contributed by atoms with Crippen molar-refractivity contribution in [3.05, 3.63) is 65.5 Å². The quantitative estimate of drug-likeness (QED) is 0.634. The third kappa shape index (κ3) is 4.77. The zero-order valence-electron chi connectivity index (χ0n) is 15.2. The number of benzene rings is 2. The van der Waals surface area contributed by atoms with Crippen LogP contribution in [0.1, 0.15) is 35.7 Å². The number of hydrogen-bond donors (Lipinski definition) is 2. The minimum absolute atomic E-state index is 0.00143. The van der Waals surface area contributed by atoms with E-state index in [1.807, 2.05) is 24.3 Å². The average Bonchev–Trinajstić information content (AvgIpc) is 3.39. The van der Waals surface area contributed by atoms with E-state index in [0.717, 1.165) is 22.8 Å². The number of aromatic nitrogens is 3. The van der Waals surface area contributed by atoms with Crippen molar-refractivity contribution < 1.29 is 4.79 Å². The van der Waals surface area contributed by atoms with Gasteiger partial charge in [0.15, 0.2) is 5.82 Å². The van der Waals surface area contributed by atoms with Gasteiger partial charge >= 0.3 is 0 Å². The molecule has 0 saturated heterocycles. The van der Waals surface area contributed by atoms with E-state index in [1.54, 1.807) is 11.8 Å². The molecule has 1 fully saturated rings. The van der Waals surface area contributed by atoms with Gasteiger partial charge in [0.25, 0.3) is 0 Å². The van der Waals surface area contributed by atoms with Gasteiger partial charge in [0.1, 0.15) is 5.82 Å². The number of amides is 1. The molecule has 138 valence electrons. The molecule has 2 N–H and O–H groups in total. The summed E-state index contributed by atoms with van der Waals surface area (Å²) in [7, 11) is 0. The van der Waals surface area contributed by atoms with Crippen molar-refractivity contribution in [3.8, 4) is 11.4 Å². The predicted molar refractivity (Wildman–Crippen MR) is 110 cm³/mol. The maximum Gasteiger partial charge on any atom is 0.234 e. The summed E-state index contributed by atoms with van der Waals surface area (Å²) < 4.78 is 0. The molecule has 2 aromatic carbocycles. The number of nitrogens with one attached hydrogen (secondary N) is 2. The molecular formula is C21H22N4OS. The first kappa shape index (κ1) is 17.8. The standard InChI is InChI=1S/C21H22N4OS/c1-14-4-2-5-15(10-14)12-27-13-19(26)22-18-7-3-6-17(11-18)21-23-20(24-25-21)16-8-9-16/h2-7,10-11,16H,8-9,12-13H2,1H3,(H,22,26)(H,23,24,25). The second-order valence-electron chi connectivity index (χ2n) is 6.93. The molecule has 6 heteroatoms. The fourth-order valence-corrected chi connectivity index (χ4v) is 3.71. The van der Waals surface area contributed by atoms with E-state index in [1.165, 1.54) is 24.0 Å². The van der Waals surface area contributed by atoms with Crippen molar-refractivity contribution in [3.63, 3.8) is 0 Å². The number of aryl methyl sites for hydroxylation is 1. The average molecular weight is 379 g/mol. The molecule has 5 nitrogen and oxygen atoms in total. The SMILES string of the molecule is Cc1cccc(CSCC(=O)Nc2cccc(-c3n[nH]c(C4CC4)n3)c2)c1. The normalized spacial score (nSPS) is 13.5. The summed E-state index contributed by atoms with van der Waals surface area (Å²) in [4.78, 5) is 16.8. The van der Waals surface area contributed by atoms with E-state index in [-0.39, 0.29) is 5.91 Å².